The zero-order valence-corrected chi connectivity index (χ0v) is 19.5. The van der Waals surface area contributed by atoms with E-state index in [9.17, 15) is 10.1 Å². The Kier molecular flexibility index (Phi) is 6.18. The zero-order valence-electron chi connectivity index (χ0n) is 18.7. The molecule has 31 heavy (non-hydrogen) atoms. The third-order valence-corrected chi connectivity index (χ3v) is 6.34. The number of nitrogen functional groups attached to an aromatic ring is 1. The maximum Gasteiger partial charge on any atom is 0.232 e. The first kappa shape index (κ1) is 22.5. The molecule has 1 atom stereocenters. The fourth-order valence-electron chi connectivity index (χ4n) is 3.16. The van der Waals surface area contributed by atoms with Gasteiger partial charge in [-0.3, -0.25) is 4.79 Å². The van der Waals surface area contributed by atoms with Crippen LogP contribution in [0, 0.1) is 11.3 Å². The molecule has 0 spiro atoms. The fraction of sp³-hybridized carbons (Fsp3) is 0.391. The summed E-state index contributed by atoms with van der Waals surface area (Å²) in [5, 5.41) is 16.9. The number of rotatable bonds is 5. The van der Waals surface area contributed by atoms with Gasteiger partial charge in [0.2, 0.25) is 5.91 Å². The second kappa shape index (κ2) is 8.52. The van der Waals surface area contributed by atoms with Crippen LogP contribution in [0.2, 0.25) is 0 Å². The van der Waals surface area contributed by atoms with Gasteiger partial charge in [-0.2, -0.15) is 14.7 Å². The van der Waals surface area contributed by atoms with Crippen molar-refractivity contribution in [2.45, 2.75) is 58.9 Å². The highest BCUT2D eigenvalue weighted by Gasteiger charge is 2.22. The van der Waals surface area contributed by atoms with Gasteiger partial charge in [-0.05, 0) is 49.3 Å². The molecule has 0 saturated carbocycles. The number of nitrogens with zero attached hydrogens (tertiary/aromatic N) is 4. The van der Waals surface area contributed by atoms with Crippen LogP contribution < -0.4 is 11.1 Å². The third kappa shape index (κ3) is 4.62. The molecule has 2 aromatic heterocycles. The van der Waals surface area contributed by atoms with Gasteiger partial charge in [-0.1, -0.05) is 45.0 Å². The van der Waals surface area contributed by atoms with Crippen molar-refractivity contribution < 1.29 is 4.79 Å². The predicted molar refractivity (Wildman–Crippen MR) is 125 cm³/mol. The van der Waals surface area contributed by atoms with E-state index in [-0.39, 0.29) is 23.3 Å². The number of nitrogens with two attached hydrogens (primary N) is 1. The highest BCUT2D eigenvalue weighted by molar-refractivity contribution is 7.06. The van der Waals surface area contributed by atoms with Gasteiger partial charge in [0.1, 0.15) is 29.0 Å². The first-order chi connectivity index (χ1) is 14.5. The number of carbonyl (C=O) groups excluding carboxylic acids is 1. The van der Waals surface area contributed by atoms with Crippen LogP contribution >= 0.6 is 11.5 Å². The molecule has 3 aromatic rings. The summed E-state index contributed by atoms with van der Waals surface area (Å²) in [5.41, 5.74) is 8.65. The van der Waals surface area contributed by atoms with Gasteiger partial charge >= 0.3 is 0 Å². The fourth-order valence-corrected chi connectivity index (χ4v) is 3.89. The van der Waals surface area contributed by atoms with Gasteiger partial charge in [0, 0.05) is 16.5 Å². The molecule has 0 aliphatic rings. The van der Waals surface area contributed by atoms with Crippen molar-refractivity contribution in [2.75, 3.05) is 11.1 Å². The Bertz CT molecular complexity index is 1130. The van der Waals surface area contributed by atoms with Crippen LogP contribution in [-0.2, 0) is 10.2 Å². The average molecular weight is 437 g/mol. The molecule has 7 nitrogen and oxygen atoms in total. The number of aromatic nitrogens is 3. The summed E-state index contributed by atoms with van der Waals surface area (Å²) in [6.07, 6.45) is 0. The minimum Gasteiger partial charge on any atom is -0.383 e. The maximum atomic E-state index is 12.7. The van der Waals surface area contributed by atoms with E-state index in [0.29, 0.717) is 22.9 Å². The van der Waals surface area contributed by atoms with Crippen LogP contribution in [0.1, 0.15) is 69.5 Å². The van der Waals surface area contributed by atoms with Gasteiger partial charge in [0.15, 0.2) is 0 Å². The molecule has 0 fully saturated rings. The van der Waals surface area contributed by atoms with Crippen LogP contribution in [0.5, 0.6) is 0 Å². The number of benzene rings is 1. The second-order valence-corrected chi connectivity index (χ2v) is 9.72. The highest BCUT2D eigenvalue weighted by atomic mass is 32.1. The van der Waals surface area contributed by atoms with E-state index in [2.05, 4.69) is 41.6 Å². The minimum absolute atomic E-state index is 0.00365. The normalized spacial score (nSPS) is 12.6. The monoisotopic (exact) mass is 436 g/mol. The molecule has 8 heteroatoms. The Morgan fingerprint density at radius 3 is 2.39 bits per heavy atom. The third-order valence-electron chi connectivity index (χ3n) is 5.13. The number of hydrogen-bond donors (Lipinski definition) is 2. The summed E-state index contributed by atoms with van der Waals surface area (Å²) in [5.74, 6) is 0.464. The SMILES string of the molecule is CC(C(=O)Nc1cc(C(C)(C)C)sn1)c1ccc(-c2nn(C(C)C)c(N)c2C#N)cc1. The largest absolute Gasteiger partial charge is 0.383 e. The molecule has 162 valence electrons. The molecule has 0 bridgehead atoms. The molecule has 0 aliphatic carbocycles. The van der Waals surface area contributed by atoms with Crippen LogP contribution in [0.3, 0.4) is 0 Å². The zero-order chi connectivity index (χ0) is 22.9. The lowest BCUT2D eigenvalue weighted by molar-refractivity contribution is -0.117. The number of amides is 1. The van der Waals surface area contributed by atoms with Crippen molar-refractivity contribution in [3.8, 4) is 17.3 Å². The van der Waals surface area contributed by atoms with Gasteiger partial charge < -0.3 is 11.1 Å². The van der Waals surface area contributed by atoms with Crippen molar-refractivity contribution >= 4 is 29.1 Å². The van der Waals surface area contributed by atoms with Gasteiger partial charge in [0.05, 0.1) is 5.92 Å². The molecule has 3 N–H and O–H groups in total. The number of hydrogen-bond acceptors (Lipinski definition) is 6. The van der Waals surface area contributed by atoms with E-state index in [1.165, 1.54) is 11.5 Å². The highest BCUT2D eigenvalue weighted by Crippen LogP contribution is 2.31. The van der Waals surface area contributed by atoms with Crippen molar-refractivity contribution in [1.82, 2.24) is 14.2 Å². The standard InChI is InChI=1S/C23H28N6OS/c1-13(2)29-21(25)17(12-24)20(27-29)16-9-7-15(8-10-16)14(3)22(30)26-19-11-18(31-28-19)23(4,5)6/h7-11,13-14H,25H2,1-6H3,(H,26,28,30). The lowest BCUT2D eigenvalue weighted by Gasteiger charge is -2.14. The van der Waals surface area contributed by atoms with E-state index in [1.54, 1.807) is 4.68 Å². The Morgan fingerprint density at radius 1 is 1.23 bits per heavy atom. The molecule has 0 saturated heterocycles. The number of nitriles is 1. The molecule has 0 aliphatic heterocycles. The maximum absolute atomic E-state index is 12.7. The summed E-state index contributed by atoms with van der Waals surface area (Å²) in [6, 6.07) is 11.6. The van der Waals surface area contributed by atoms with Crippen LogP contribution in [-0.4, -0.2) is 20.1 Å². The average Bonchev–Trinajstić information content (AvgIpc) is 3.31. The van der Waals surface area contributed by atoms with Crippen molar-refractivity contribution in [3.63, 3.8) is 0 Å². The summed E-state index contributed by atoms with van der Waals surface area (Å²) in [7, 11) is 0. The van der Waals surface area contributed by atoms with Crippen molar-refractivity contribution in [2.24, 2.45) is 0 Å². The summed E-state index contributed by atoms with van der Waals surface area (Å²) in [6.45, 7) is 12.1. The Balaban J connectivity index is 1.78. The van der Waals surface area contributed by atoms with Crippen molar-refractivity contribution in [1.29, 1.82) is 5.26 Å². The molecule has 2 heterocycles. The number of anilines is 2. The smallest absolute Gasteiger partial charge is 0.232 e. The quantitative estimate of drug-likeness (QED) is 0.579. The van der Waals surface area contributed by atoms with Gasteiger partial charge in [-0.15, -0.1) is 0 Å². The summed E-state index contributed by atoms with van der Waals surface area (Å²) < 4.78 is 6.00. The summed E-state index contributed by atoms with van der Waals surface area (Å²) >= 11 is 1.40. The molecule has 0 radical (unpaired) electrons. The number of carbonyl (C=O) groups is 1. The topological polar surface area (TPSA) is 110 Å². The minimum atomic E-state index is -0.359. The Labute approximate surface area is 187 Å². The molecule has 3 rings (SSSR count). The Hall–Kier alpha value is -3.18. The lowest BCUT2D eigenvalue weighted by atomic mass is 9.95. The first-order valence-electron chi connectivity index (χ1n) is 10.2. The lowest BCUT2D eigenvalue weighted by Crippen LogP contribution is -2.19. The molecular weight excluding hydrogens is 408 g/mol. The summed E-state index contributed by atoms with van der Waals surface area (Å²) in [4.78, 5) is 13.8. The Morgan fingerprint density at radius 2 is 1.87 bits per heavy atom. The van der Waals surface area contributed by atoms with E-state index in [0.717, 1.165) is 16.0 Å². The molecule has 1 unspecified atom stereocenters. The molecule has 1 aromatic carbocycles. The molecule has 1 amide bonds. The van der Waals surface area contributed by atoms with E-state index < -0.39 is 0 Å². The van der Waals surface area contributed by atoms with Gasteiger partial charge in [0.25, 0.3) is 0 Å². The molecular formula is C23H28N6OS. The second-order valence-electron chi connectivity index (χ2n) is 8.92. The predicted octanol–water partition coefficient (Wildman–Crippen LogP) is 5.08. The number of nitrogens with one attached hydrogen (secondary N) is 1. The van der Waals surface area contributed by atoms with E-state index >= 15 is 0 Å². The van der Waals surface area contributed by atoms with Crippen LogP contribution in [0.4, 0.5) is 11.6 Å². The van der Waals surface area contributed by atoms with E-state index in [4.69, 9.17) is 5.73 Å². The van der Waals surface area contributed by atoms with Crippen LogP contribution in [0.15, 0.2) is 30.3 Å². The van der Waals surface area contributed by atoms with Gasteiger partial charge in [-0.25, -0.2) is 4.68 Å². The first-order valence-corrected chi connectivity index (χ1v) is 11.0. The van der Waals surface area contributed by atoms with Crippen molar-refractivity contribution in [3.05, 3.63) is 46.3 Å². The van der Waals surface area contributed by atoms with Crippen LogP contribution in [0.25, 0.3) is 11.3 Å². The van der Waals surface area contributed by atoms with E-state index in [1.807, 2.05) is 51.1 Å².